The lowest BCUT2D eigenvalue weighted by Crippen LogP contribution is -2.13. The zero-order valence-electron chi connectivity index (χ0n) is 12.9. The molecule has 23 heavy (non-hydrogen) atoms. The Labute approximate surface area is 133 Å². The number of hydrogen-bond acceptors (Lipinski definition) is 3. The van der Waals surface area contributed by atoms with Crippen molar-refractivity contribution < 1.29 is 23.0 Å². The van der Waals surface area contributed by atoms with Crippen LogP contribution in [0, 0.1) is 11.6 Å². The molecule has 0 saturated carbocycles. The molecule has 0 saturated heterocycles. The van der Waals surface area contributed by atoms with Crippen LogP contribution in [-0.2, 0) is 11.2 Å². The standard InChI is InChI=1S/C17H17F2NO3/c1-22-15-7-3-11(9-16(15)23-2)4-8-17(21)20-14-6-5-12(18)10-13(14)19/h3,5-7,9-10H,4,8H2,1-2H3,(H,20,21). The molecule has 0 unspecified atom stereocenters. The molecule has 2 aromatic carbocycles. The van der Waals surface area contributed by atoms with Crippen LogP contribution < -0.4 is 14.8 Å². The van der Waals surface area contributed by atoms with Gasteiger partial charge < -0.3 is 14.8 Å². The van der Waals surface area contributed by atoms with Crippen LogP contribution in [0.2, 0.25) is 0 Å². The third kappa shape index (κ3) is 4.42. The van der Waals surface area contributed by atoms with Gasteiger partial charge in [-0.15, -0.1) is 0 Å². The Balaban J connectivity index is 1.96. The Morgan fingerprint density at radius 2 is 1.78 bits per heavy atom. The predicted octanol–water partition coefficient (Wildman–Crippen LogP) is 3.55. The van der Waals surface area contributed by atoms with Crippen LogP contribution in [-0.4, -0.2) is 20.1 Å². The summed E-state index contributed by atoms with van der Waals surface area (Å²) >= 11 is 0. The summed E-state index contributed by atoms with van der Waals surface area (Å²) in [4.78, 5) is 11.9. The van der Waals surface area contributed by atoms with Crippen molar-refractivity contribution in [1.82, 2.24) is 0 Å². The highest BCUT2D eigenvalue weighted by molar-refractivity contribution is 5.90. The third-order valence-electron chi connectivity index (χ3n) is 3.29. The van der Waals surface area contributed by atoms with Gasteiger partial charge in [0, 0.05) is 12.5 Å². The Morgan fingerprint density at radius 3 is 2.43 bits per heavy atom. The molecular formula is C17H17F2NO3. The molecule has 0 atom stereocenters. The number of carbonyl (C=O) groups excluding carboxylic acids is 1. The summed E-state index contributed by atoms with van der Waals surface area (Å²) in [5, 5.41) is 2.42. The molecule has 0 bridgehead atoms. The van der Waals surface area contributed by atoms with Crippen LogP contribution in [0.5, 0.6) is 11.5 Å². The van der Waals surface area contributed by atoms with E-state index in [-0.39, 0.29) is 18.0 Å². The van der Waals surface area contributed by atoms with Gasteiger partial charge in [-0.1, -0.05) is 6.07 Å². The van der Waals surface area contributed by atoms with Gasteiger partial charge in [-0.05, 0) is 36.2 Å². The van der Waals surface area contributed by atoms with Gasteiger partial charge in [-0.3, -0.25) is 4.79 Å². The Bertz CT molecular complexity index is 704. The van der Waals surface area contributed by atoms with Crippen LogP contribution in [0.25, 0.3) is 0 Å². The molecule has 122 valence electrons. The summed E-state index contributed by atoms with van der Waals surface area (Å²) in [6, 6.07) is 8.37. The molecule has 0 aliphatic carbocycles. The smallest absolute Gasteiger partial charge is 0.224 e. The van der Waals surface area contributed by atoms with E-state index < -0.39 is 11.6 Å². The Morgan fingerprint density at radius 1 is 1.04 bits per heavy atom. The van der Waals surface area contributed by atoms with Crippen molar-refractivity contribution in [1.29, 1.82) is 0 Å². The van der Waals surface area contributed by atoms with Gasteiger partial charge in [0.25, 0.3) is 0 Å². The van der Waals surface area contributed by atoms with Gasteiger partial charge in [0.2, 0.25) is 5.91 Å². The highest BCUT2D eigenvalue weighted by Gasteiger charge is 2.10. The topological polar surface area (TPSA) is 47.6 Å². The number of methoxy groups -OCH3 is 2. The van der Waals surface area contributed by atoms with E-state index in [1.807, 2.05) is 6.07 Å². The van der Waals surface area contributed by atoms with E-state index in [1.165, 1.54) is 13.2 Å². The minimum Gasteiger partial charge on any atom is -0.493 e. The summed E-state index contributed by atoms with van der Waals surface area (Å²) in [6.07, 6.45) is 0.612. The minimum absolute atomic E-state index is 0.0382. The molecule has 1 N–H and O–H groups in total. The van der Waals surface area contributed by atoms with Crippen molar-refractivity contribution >= 4 is 11.6 Å². The number of amides is 1. The molecule has 0 aliphatic rings. The van der Waals surface area contributed by atoms with E-state index in [9.17, 15) is 13.6 Å². The molecule has 2 aromatic rings. The van der Waals surface area contributed by atoms with Crippen LogP contribution in [0.4, 0.5) is 14.5 Å². The second-order valence-corrected chi connectivity index (χ2v) is 4.86. The number of benzene rings is 2. The lowest BCUT2D eigenvalue weighted by atomic mass is 10.1. The highest BCUT2D eigenvalue weighted by atomic mass is 19.1. The van der Waals surface area contributed by atoms with Crippen molar-refractivity contribution in [2.75, 3.05) is 19.5 Å². The van der Waals surface area contributed by atoms with Crippen LogP contribution in [0.3, 0.4) is 0 Å². The van der Waals surface area contributed by atoms with Gasteiger partial charge in [-0.25, -0.2) is 8.78 Å². The molecule has 0 spiro atoms. The molecule has 0 aromatic heterocycles. The largest absolute Gasteiger partial charge is 0.493 e. The van der Waals surface area contributed by atoms with E-state index in [2.05, 4.69) is 5.32 Å². The summed E-state index contributed by atoms with van der Waals surface area (Å²) < 4.78 is 36.6. The fraction of sp³-hybridized carbons (Fsp3) is 0.235. The molecular weight excluding hydrogens is 304 g/mol. The first-order chi connectivity index (χ1) is 11.0. The molecule has 0 heterocycles. The fourth-order valence-corrected chi connectivity index (χ4v) is 2.10. The van der Waals surface area contributed by atoms with E-state index in [0.717, 1.165) is 17.7 Å². The zero-order valence-corrected chi connectivity index (χ0v) is 12.9. The minimum atomic E-state index is -0.801. The number of anilines is 1. The molecule has 4 nitrogen and oxygen atoms in total. The number of ether oxygens (including phenoxy) is 2. The van der Waals surface area contributed by atoms with Crippen molar-refractivity contribution in [2.24, 2.45) is 0 Å². The summed E-state index contributed by atoms with van der Waals surface area (Å²) in [7, 11) is 3.08. The monoisotopic (exact) mass is 321 g/mol. The van der Waals surface area contributed by atoms with E-state index in [4.69, 9.17) is 9.47 Å². The number of nitrogens with one attached hydrogen (secondary N) is 1. The van der Waals surface area contributed by atoms with Crippen molar-refractivity contribution in [2.45, 2.75) is 12.8 Å². The first-order valence-electron chi connectivity index (χ1n) is 6.99. The second kappa shape index (κ2) is 7.58. The van der Waals surface area contributed by atoms with Crippen LogP contribution >= 0.6 is 0 Å². The first-order valence-corrected chi connectivity index (χ1v) is 6.99. The van der Waals surface area contributed by atoms with E-state index >= 15 is 0 Å². The third-order valence-corrected chi connectivity index (χ3v) is 3.29. The van der Waals surface area contributed by atoms with Gasteiger partial charge in [0.1, 0.15) is 11.6 Å². The van der Waals surface area contributed by atoms with Crippen LogP contribution in [0.1, 0.15) is 12.0 Å². The van der Waals surface area contributed by atoms with Crippen LogP contribution in [0.15, 0.2) is 36.4 Å². The van der Waals surface area contributed by atoms with Gasteiger partial charge >= 0.3 is 0 Å². The van der Waals surface area contributed by atoms with Crippen molar-refractivity contribution in [3.8, 4) is 11.5 Å². The average molecular weight is 321 g/mol. The fourth-order valence-electron chi connectivity index (χ4n) is 2.10. The van der Waals surface area contributed by atoms with Crippen molar-refractivity contribution in [3.63, 3.8) is 0 Å². The van der Waals surface area contributed by atoms with E-state index in [0.29, 0.717) is 17.9 Å². The summed E-state index contributed by atoms with van der Waals surface area (Å²) in [6.45, 7) is 0. The molecule has 0 aliphatic heterocycles. The number of carbonyl (C=O) groups is 1. The molecule has 6 heteroatoms. The van der Waals surface area contributed by atoms with Gasteiger partial charge in [0.15, 0.2) is 11.5 Å². The maximum atomic E-state index is 13.5. The second-order valence-electron chi connectivity index (χ2n) is 4.86. The molecule has 0 radical (unpaired) electrons. The maximum absolute atomic E-state index is 13.5. The van der Waals surface area contributed by atoms with Gasteiger partial charge in [-0.2, -0.15) is 0 Å². The quantitative estimate of drug-likeness (QED) is 0.885. The Kier molecular flexibility index (Phi) is 5.51. The predicted molar refractivity (Wildman–Crippen MR) is 82.9 cm³/mol. The Hall–Kier alpha value is -2.63. The first kappa shape index (κ1) is 16.7. The lowest BCUT2D eigenvalue weighted by molar-refractivity contribution is -0.116. The molecule has 0 fully saturated rings. The average Bonchev–Trinajstić information content (AvgIpc) is 2.55. The van der Waals surface area contributed by atoms with E-state index in [1.54, 1.807) is 19.2 Å². The number of aryl methyl sites for hydroxylation is 1. The summed E-state index contributed by atoms with van der Waals surface area (Å²) in [5.74, 6) is -0.662. The maximum Gasteiger partial charge on any atom is 0.224 e. The molecule has 1 amide bonds. The highest BCUT2D eigenvalue weighted by Crippen LogP contribution is 2.28. The van der Waals surface area contributed by atoms with Gasteiger partial charge in [0.05, 0.1) is 19.9 Å². The number of hydrogen-bond donors (Lipinski definition) is 1. The SMILES string of the molecule is COc1ccc(CCC(=O)Nc2ccc(F)cc2F)cc1OC. The lowest BCUT2D eigenvalue weighted by Gasteiger charge is -2.10. The zero-order chi connectivity index (χ0) is 16.8. The number of rotatable bonds is 6. The van der Waals surface area contributed by atoms with Crippen molar-refractivity contribution in [3.05, 3.63) is 53.6 Å². The number of halogens is 2. The summed E-state index contributed by atoms with van der Waals surface area (Å²) in [5.41, 5.74) is 0.848. The normalized spacial score (nSPS) is 10.3. The molecule has 2 rings (SSSR count).